The van der Waals surface area contributed by atoms with E-state index >= 15 is 0 Å². The van der Waals surface area contributed by atoms with Gasteiger partial charge in [0.25, 0.3) is 5.69 Å². The van der Waals surface area contributed by atoms with Gasteiger partial charge in [0.15, 0.2) is 5.96 Å². The minimum atomic E-state index is -0.758. The molecule has 8 N–H and O–H groups in total. The molecule has 1 aromatic rings. The molecule has 0 radical (unpaired) electrons. The predicted molar refractivity (Wildman–Crippen MR) is 68.7 cm³/mol. The molecule has 0 bridgehead atoms. The summed E-state index contributed by atoms with van der Waals surface area (Å²) in [6, 6.07) is 3.41. The average molecular weight is 265 g/mol. The van der Waals surface area contributed by atoms with Crippen LogP contribution in [0.25, 0.3) is 0 Å². The van der Waals surface area contributed by atoms with Gasteiger partial charge in [-0.1, -0.05) is 0 Å². The first kappa shape index (κ1) is 13.9. The minimum Gasteiger partial charge on any atom is -0.370 e. The summed E-state index contributed by atoms with van der Waals surface area (Å²) in [6.07, 6.45) is 0. The molecule has 0 fully saturated rings. The summed E-state index contributed by atoms with van der Waals surface area (Å²) >= 11 is 0. The summed E-state index contributed by atoms with van der Waals surface area (Å²) in [5, 5.41) is 10.8. The third-order valence-electron chi connectivity index (χ3n) is 1.94. The number of primary amides is 1. The van der Waals surface area contributed by atoms with Crippen LogP contribution in [0.1, 0.15) is 10.4 Å². The van der Waals surface area contributed by atoms with Gasteiger partial charge in [-0.3, -0.25) is 14.9 Å². The van der Waals surface area contributed by atoms with Gasteiger partial charge >= 0.3 is 0 Å². The Morgan fingerprint density at radius 1 is 1.21 bits per heavy atom. The molecule has 0 aromatic heterocycles. The molecule has 0 aliphatic carbocycles. The van der Waals surface area contributed by atoms with Crippen LogP contribution in [-0.4, -0.2) is 22.7 Å². The summed E-state index contributed by atoms with van der Waals surface area (Å²) < 4.78 is 0. The van der Waals surface area contributed by atoms with Crippen molar-refractivity contribution in [2.45, 2.75) is 0 Å². The first-order chi connectivity index (χ1) is 8.81. The van der Waals surface area contributed by atoms with Gasteiger partial charge in [0.2, 0.25) is 11.9 Å². The largest absolute Gasteiger partial charge is 0.370 e. The van der Waals surface area contributed by atoms with Crippen LogP contribution in [0.5, 0.6) is 0 Å². The smallest absolute Gasteiger partial charge is 0.295 e. The van der Waals surface area contributed by atoms with E-state index in [-0.39, 0.29) is 28.9 Å². The second-order valence-corrected chi connectivity index (χ2v) is 3.33. The van der Waals surface area contributed by atoms with E-state index in [0.29, 0.717) is 0 Å². The fraction of sp³-hybridized carbons (Fsp3) is 0. The Morgan fingerprint density at radius 3 is 2.32 bits per heavy atom. The van der Waals surface area contributed by atoms with Crippen molar-refractivity contribution in [2.24, 2.45) is 32.9 Å². The average Bonchev–Trinajstić information content (AvgIpc) is 2.26. The Bertz CT molecular complexity index is 589. The number of guanidine groups is 2. The molecule has 0 saturated heterocycles. The lowest BCUT2D eigenvalue weighted by atomic mass is 10.1. The lowest BCUT2D eigenvalue weighted by molar-refractivity contribution is -0.384. The van der Waals surface area contributed by atoms with Gasteiger partial charge in [-0.25, -0.2) is 4.99 Å². The second-order valence-electron chi connectivity index (χ2n) is 3.33. The zero-order chi connectivity index (χ0) is 14.6. The summed E-state index contributed by atoms with van der Waals surface area (Å²) in [4.78, 5) is 28.2. The summed E-state index contributed by atoms with van der Waals surface area (Å²) in [7, 11) is 0. The van der Waals surface area contributed by atoms with Crippen molar-refractivity contribution < 1.29 is 9.72 Å². The number of amides is 1. The minimum absolute atomic E-state index is 0.0434. The molecule has 10 heteroatoms. The highest BCUT2D eigenvalue weighted by atomic mass is 16.6. The van der Waals surface area contributed by atoms with Crippen LogP contribution in [0, 0.1) is 10.1 Å². The van der Waals surface area contributed by atoms with Crippen molar-refractivity contribution in [3.05, 3.63) is 33.9 Å². The molecule has 19 heavy (non-hydrogen) atoms. The van der Waals surface area contributed by atoms with Crippen LogP contribution < -0.4 is 22.9 Å². The normalized spacial score (nSPS) is 10.8. The monoisotopic (exact) mass is 265 g/mol. The molecule has 0 saturated carbocycles. The van der Waals surface area contributed by atoms with E-state index in [1.807, 2.05) is 0 Å². The van der Waals surface area contributed by atoms with E-state index in [4.69, 9.17) is 22.9 Å². The molecule has 1 aromatic carbocycles. The first-order valence-corrected chi connectivity index (χ1v) is 4.83. The molecule has 0 atom stereocenters. The van der Waals surface area contributed by atoms with Crippen LogP contribution in [0.2, 0.25) is 0 Å². The lowest BCUT2D eigenvalue weighted by Gasteiger charge is -2.01. The molecule has 1 rings (SSSR count). The number of benzene rings is 1. The van der Waals surface area contributed by atoms with Gasteiger partial charge in [0.05, 0.1) is 4.92 Å². The molecule has 0 unspecified atom stereocenters. The maximum absolute atomic E-state index is 11.0. The molecule has 0 spiro atoms. The van der Waals surface area contributed by atoms with Crippen molar-refractivity contribution in [3.8, 4) is 0 Å². The first-order valence-electron chi connectivity index (χ1n) is 4.83. The van der Waals surface area contributed by atoms with Crippen molar-refractivity contribution in [1.29, 1.82) is 0 Å². The van der Waals surface area contributed by atoms with Crippen LogP contribution in [-0.2, 0) is 0 Å². The Kier molecular flexibility index (Phi) is 3.98. The zero-order valence-electron chi connectivity index (χ0n) is 9.61. The van der Waals surface area contributed by atoms with Crippen molar-refractivity contribution in [2.75, 3.05) is 0 Å². The number of nitrogens with two attached hydrogens (primary N) is 4. The molecule has 0 aliphatic heterocycles. The molecule has 1 amide bonds. The molecular formula is C9H11N7O3. The predicted octanol–water partition coefficient (Wildman–Crippen LogP) is -1.09. The van der Waals surface area contributed by atoms with Crippen molar-refractivity contribution in [1.82, 2.24) is 0 Å². The second kappa shape index (κ2) is 5.44. The number of hydrogen-bond donors (Lipinski definition) is 4. The topological polar surface area (TPSA) is 189 Å². The van der Waals surface area contributed by atoms with E-state index in [1.165, 1.54) is 6.07 Å². The van der Waals surface area contributed by atoms with E-state index in [2.05, 4.69) is 9.98 Å². The van der Waals surface area contributed by atoms with Gasteiger partial charge < -0.3 is 22.9 Å². The standard InChI is InChI=1S/C9H11N7O3/c10-7(17)4-1-2-6(16(18)19)5(3-4)14-9(13)15-8(11)12/h1-3H,(H2,10,17)(H6,11,12,13,14,15). The SMILES string of the molecule is NC(=O)c1ccc([N+](=O)[O-])c(N=C(N)N=C(N)N)c1. The third-order valence-corrected chi connectivity index (χ3v) is 1.94. The molecule has 0 aliphatic rings. The lowest BCUT2D eigenvalue weighted by Crippen LogP contribution is -2.26. The van der Waals surface area contributed by atoms with Crippen molar-refractivity contribution in [3.63, 3.8) is 0 Å². The highest BCUT2D eigenvalue weighted by molar-refractivity contribution is 5.96. The van der Waals surface area contributed by atoms with E-state index in [9.17, 15) is 14.9 Å². The van der Waals surface area contributed by atoms with Gasteiger partial charge in [0, 0.05) is 11.6 Å². The number of nitro groups is 1. The quantitative estimate of drug-likeness (QED) is 0.232. The molecule has 100 valence electrons. The number of carbonyl (C=O) groups is 1. The maximum Gasteiger partial charge on any atom is 0.295 e. The van der Waals surface area contributed by atoms with Gasteiger partial charge in [-0.15, -0.1) is 0 Å². The third kappa shape index (κ3) is 3.66. The summed E-state index contributed by atoms with van der Waals surface area (Å²) in [6.45, 7) is 0. The summed E-state index contributed by atoms with van der Waals surface area (Å²) in [5.74, 6) is -1.49. The number of rotatable bonds is 3. The maximum atomic E-state index is 11.0. The molecular weight excluding hydrogens is 254 g/mol. The highest BCUT2D eigenvalue weighted by Crippen LogP contribution is 2.28. The van der Waals surface area contributed by atoms with Gasteiger partial charge in [-0.2, -0.15) is 4.99 Å². The fourth-order valence-electron chi connectivity index (χ4n) is 1.20. The van der Waals surface area contributed by atoms with Gasteiger partial charge in [0.1, 0.15) is 5.69 Å². The Labute approximate surface area is 106 Å². The number of carbonyl (C=O) groups excluding carboxylic acids is 1. The van der Waals surface area contributed by atoms with Crippen molar-refractivity contribution >= 4 is 29.2 Å². The molecule has 10 nitrogen and oxygen atoms in total. The number of hydrogen-bond acceptors (Lipinski definition) is 4. The van der Waals surface area contributed by atoms with Gasteiger partial charge in [-0.05, 0) is 12.1 Å². The van der Waals surface area contributed by atoms with Crippen LogP contribution >= 0.6 is 0 Å². The molecule has 0 heterocycles. The van der Waals surface area contributed by atoms with Crippen LogP contribution in [0.15, 0.2) is 28.2 Å². The highest BCUT2D eigenvalue weighted by Gasteiger charge is 2.15. The van der Waals surface area contributed by atoms with Crippen LogP contribution in [0.3, 0.4) is 0 Å². The summed E-state index contributed by atoms with van der Waals surface area (Å²) in [5.41, 5.74) is 20.1. The Hall–Kier alpha value is -3.17. The number of nitrogens with zero attached hydrogens (tertiary/aromatic N) is 3. The Morgan fingerprint density at radius 2 is 1.84 bits per heavy atom. The van der Waals surface area contributed by atoms with E-state index < -0.39 is 10.8 Å². The van der Waals surface area contributed by atoms with Crippen LogP contribution in [0.4, 0.5) is 11.4 Å². The van der Waals surface area contributed by atoms with E-state index in [1.54, 1.807) is 0 Å². The zero-order valence-corrected chi connectivity index (χ0v) is 9.61. The number of nitro benzene ring substituents is 1. The fourth-order valence-corrected chi connectivity index (χ4v) is 1.20. The van der Waals surface area contributed by atoms with E-state index in [0.717, 1.165) is 12.1 Å². The number of aliphatic imine (C=N–C) groups is 2. The Balaban J connectivity index is 3.37.